The summed E-state index contributed by atoms with van der Waals surface area (Å²) in [6, 6.07) is 0. The maximum atomic E-state index is 12.7. The number of unbranched alkanes of at least 4 members (excludes halogenated alkanes) is 22. The molecule has 0 rings (SSSR count). The summed E-state index contributed by atoms with van der Waals surface area (Å²) in [5.41, 5.74) is 0. The number of carbonyl (C=O) groups excluding carboxylic acids is 2. The van der Waals surface area contributed by atoms with Crippen molar-refractivity contribution in [2.45, 2.75) is 219 Å². The van der Waals surface area contributed by atoms with Gasteiger partial charge in [-0.25, -0.2) is 0 Å². The molecule has 5 heteroatoms. The van der Waals surface area contributed by atoms with Crippen LogP contribution in [0.1, 0.15) is 213 Å². The molecule has 0 aromatic carbocycles. The summed E-state index contributed by atoms with van der Waals surface area (Å²) in [5, 5.41) is 0. The van der Waals surface area contributed by atoms with E-state index in [1.54, 1.807) is 0 Å². The summed E-state index contributed by atoms with van der Waals surface area (Å²) in [6.07, 6.45) is 47.1. The van der Waals surface area contributed by atoms with Crippen LogP contribution in [0.2, 0.25) is 0 Å². The number of rotatable bonds is 39. The van der Waals surface area contributed by atoms with Gasteiger partial charge in [0.25, 0.3) is 0 Å². The normalized spacial score (nSPS) is 12.5. The van der Waals surface area contributed by atoms with Crippen molar-refractivity contribution in [3.63, 3.8) is 0 Å². The molecule has 0 heterocycles. The van der Waals surface area contributed by atoms with E-state index < -0.39 is 6.10 Å². The summed E-state index contributed by atoms with van der Waals surface area (Å²) < 4.78 is 17.2. The van der Waals surface area contributed by atoms with Crippen LogP contribution in [-0.2, 0) is 23.8 Å². The van der Waals surface area contributed by atoms with Gasteiger partial charge in [-0.1, -0.05) is 186 Å². The molecule has 0 bridgehead atoms. The maximum absolute atomic E-state index is 12.7. The zero-order chi connectivity index (χ0) is 36.4. The van der Waals surface area contributed by atoms with Crippen molar-refractivity contribution >= 4 is 11.9 Å². The summed E-state index contributed by atoms with van der Waals surface area (Å²) in [7, 11) is 0. The molecule has 0 saturated heterocycles. The molecule has 0 fully saturated rings. The van der Waals surface area contributed by atoms with Crippen LogP contribution in [0, 0.1) is 0 Å². The third kappa shape index (κ3) is 38.9. The fourth-order valence-corrected chi connectivity index (χ4v) is 5.99. The van der Waals surface area contributed by atoms with Gasteiger partial charge in [0.1, 0.15) is 6.61 Å². The van der Waals surface area contributed by atoms with E-state index in [1.807, 2.05) is 0 Å². The largest absolute Gasteiger partial charge is 0.462 e. The van der Waals surface area contributed by atoms with Gasteiger partial charge in [0, 0.05) is 19.4 Å². The van der Waals surface area contributed by atoms with Crippen LogP contribution >= 0.6 is 0 Å². The molecule has 0 saturated carbocycles. The first-order valence-corrected chi connectivity index (χ1v) is 21.5. The van der Waals surface area contributed by atoms with Crippen LogP contribution in [0.4, 0.5) is 0 Å². The van der Waals surface area contributed by atoms with Crippen LogP contribution in [0.15, 0.2) is 36.5 Å². The topological polar surface area (TPSA) is 61.8 Å². The van der Waals surface area contributed by atoms with Crippen molar-refractivity contribution < 1.29 is 23.8 Å². The lowest BCUT2D eigenvalue weighted by Crippen LogP contribution is -2.30. The Morgan fingerprint density at radius 1 is 0.460 bits per heavy atom. The van der Waals surface area contributed by atoms with E-state index in [0.29, 0.717) is 19.4 Å². The van der Waals surface area contributed by atoms with E-state index >= 15 is 0 Å². The molecule has 0 aromatic heterocycles. The highest BCUT2D eigenvalue weighted by molar-refractivity contribution is 5.70. The summed E-state index contributed by atoms with van der Waals surface area (Å²) >= 11 is 0. The van der Waals surface area contributed by atoms with Gasteiger partial charge in [-0.2, -0.15) is 0 Å². The molecule has 1 unspecified atom stereocenters. The van der Waals surface area contributed by atoms with E-state index in [1.165, 1.54) is 109 Å². The molecule has 0 aliphatic heterocycles. The average molecular weight is 703 g/mol. The highest BCUT2D eigenvalue weighted by atomic mass is 16.6. The summed E-state index contributed by atoms with van der Waals surface area (Å²) in [4.78, 5) is 25.1. The predicted molar refractivity (Wildman–Crippen MR) is 215 cm³/mol. The highest BCUT2D eigenvalue weighted by Gasteiger charge is 2.17. The molecule has 0 aliphatic carbocycles. The van der Waals surface area contributed by atoms with Crippen molar-refractivity contribution in [3.8, 4) is 0 Å². The lowest BCUT2D eigenvalue weighted by Gasteiger charge is -2.18. The fraction of sp³-hybridized carbons (Fsp3) is 0.822. The minimum absolute atomic E-state index is 0.0745. The van der Waals surface area contributed by atoms with Crippen LogP contribution in [-0.4, -0.2) is 37.9 Å². The van der Waals surface area contributed by atoms with E-state index in [2.05, 4.69) is 57.2 Å². The number of carbonyl (C=O) groups is 2. The smallest absolute Gasteiger partial charge is 0.306 e. The van der Waals surface area contributed by atoms with E-state index in [-0.39, 0.29) is 25.2 Å². The Bertz CT molecular complexity index is 801. The molecular formula is C45H82O5. The van der Waals surface area contributed by atoms with E-state index in [9.17, 15) is 9.59 Å². The van der Waals surface area contributed by atoms with Gasteiger partial charge in [0.15, 0.2) is 6.10 Å². The maximum Gasteiger partial charge on any atom is 0.306 e. The molecular weight excluding hydrogens is 620 g/mol. The molecule has 1 atom stereocenters. The Morgan fingerprint density at radius 2 is 0.900 bits per heavy atom. The first-order valence-electron chi connectivity index (χ1n) is 21.5. The zero-order valence-corrected chi connectivity index (χ0v) is 33.4. The van der Waals surface area contributed by atoms with E-state index in [4.69, 9.17) is 14.2 Å². The highest BCUT2D eigenvalue weighted by Crippen LogP contribution is 2.14. The van der Waals surface area contributed by atoms with Crippen molar-refractivity contribution in [1.82, 2.24) is 0 Å². The number of ether oxygens (including phenoxy) is 3. The second kappa shape index (κ2) is 41.5. The SMILES string of the molecule is CC/C=C\C/C=C\C/C=C\CCCCCC(=O)OCC(COCCCCCCCCCC)OC(=O)CCCCCCCCCCCCCCC. The Hall–Kier alpha value is -1.88. The number of hydrogen-bond acceptors (Lipinski definition) is 5. The van der Waals surface area contributed by atoms with Gasteiger partial charge in [-0.15, -0.1) is 0 Å². The summed E-state index contributed by atoms with van der Waals surface area (Å²) in [5.74, 6) is -0.426. The Kier molecular flexibility index (Phi) is 40.0. The van der Waals surface area contributed by atoms with Crippen molar-refractivity contribution in [2.24, 2.45) is 0 Å². The molecule has 0 aromatic rings. The second-order valence-corrected chi connectivity index (χ2v) is 14.2. The van der Waals surface area contributed by atoms with Crippen molar-refractivity contribution in [2.75, 3.05) is 19.8 Å². The van der Waals surface area contributed by atoms with Gasteiger partial charge in [-0.05, 0) is 51.4 Å². The summed E-state index contributed by atoms with van der Waals surface area (Å²) in [6.45, 7) is 7.68. The Balaban J connectivity index is 4.24. The monoisotopic (exact) mass is 703 g/mol. The van der Waals surface area contributed by atoms with Crippen LogP contribution in [0.25, 0.3) is 0 Å². The molecule has 5 nitrogen and oxygen atoms in total. The molecule has 0 N–H and O–H groups in total. The lowest BCUT2D eigenvalue weighted by atomic mass is 10.0. The molecule has 292 valence electrons. The van der Waals surface area contributed by atoms with Crippen LogP contribution < -0.4 is 0 Å². The van der Waals surface area contributed by atoms with Gasteiger partial charge in [0.05, 0.1) is 6.61 Å². The second-order valence-electron chi connectivity index (χ2n) is 14.2. The first-order chi connectivity index (χ1) is 24.6. The minimum Gasteiger partial charge on any atom is -0.462 e. The quantitative estimate of drug-likeness (QED) is 0.0362. The third-order valence-electron chi connectivity index (χ3n) is 9.19. The molecule has 0 aliphatic rings. The molecule has 0 spiro atoms. The lowest BCUT2D eigenvalue weighted by molar-refractivity contribution is -0.163. The fourth-order valence-electron chi connectivity index (χ4n) is 5.99. The van der Waals surface area contributed by atoms with Crippen molar-refractivity contribution in [1.29, 1.82) is 0 Å². The van der Waals surface area contributed by atoms with Gasteiger partial charge in [0.2, 0.25) is 0 Å². The van der Waals surface area contributed by atoms with E-state index in [0.717, 1.165) is 70.6 Å². The Morgan fingerprint density at radius 3 is 1.44 bits per heavy atom. The predicted octanol–water partition coefficient (Wildman–Crippen LogP) is 13.9. The first kappa shape index (κ1) is 48.1. The molecule has 0 amide bonds. The number of allylic oxidation sites excluding steroid dienone is 6. The van der Waals surface area contributed by atoms with Crippen LogP contribution in [0.3, 0.4) is 0 Å². The van der Waals surface area contributed by atoms with Crippen molar-refractivity contribution in [3.05, 3.63) is 36.5 Å². The van der Waals surface area contributed by atoms with Gasteiger partial charge in [-0.3, -0.25) is 9.59 Å². The molecule has 0 radical (unpaired) electrons. The van der Waals surface area contributed by atoms with Gasteiger partial charge >= 0.3 is 11.9 Å². The standard InChI is InChI=1S/C45H82O5/c1-4-7-10-13-16-19-21-23-25-27-29-32-35-38-44(46)49-42-43(41-48-40-37-34-31-18-15-12-9-6-3)50-45(47)39-36-33-30-28-26-24-22-20-17-14-11-8-5-2/h7,10,16,19,23,25,43H,4-6,8-9,11-15,17-18,20-22,24,26-42H2,1-3H3/b10-7-,19-16-,25-23-. The Labute approximate surface area is 310 Å². The number of esters is 2. The van der Waals surface area contributed by atoms with Gasteiger partial charge < -0.3 is 14.2 Å². The van der Waals surface area contributed by atoms with Crippen LogP contribution in [0.5, 0.6) is 0 Å². The molecule has 50 heavy (non-hydrogen) atoms. The minimum atomic E-state index is -0.538. The third-order valence-corrected chi connectivity index (χ3v) is 9.19. The average Bonchev–Trinajstić information content (AvgIpc) is 3.11. The zero-order valence-electron chi connectivity index (χ0n) is 33.4. The number of hydrogen-bond donors (Lipinski definition) is 0.